The van der Waals surface area contributed by atoms with E-state index in [1.807, 2.05) is 62.4 Å². The summed E-state index contributed by atoms with van der Waals surface area (Å²) in [6.07, 6.45) is 5.64. The van der Waals surface area contributed by atoms with Gasteiger partial charge in [-0.1, -0.05) is 93.1 Å². The van der Waals surface area contributed by atoms with Crippen LogP contribution in [0.15, 0.2) is 48.5 Å². The Labute approximate surface area is 241 Å². The van der Waals surface area contributed by atoms with Gasteiger partial charge in [-0.3, -0.25) is 9.59 Å². The molecule has 2 unspecified atom stereocenters. The molecule has 7 heteroatoms. The van der Waals surface area contributed by atoms with E-state index in [1.54, 1.807) is 32.6 Å². The quantitative estimate of drug-likeness (QED) is 0.254. The molecule has 0 heterocycles. The summed E-state index contributed by atoms with van der Waals surface area (Å²) in [4.78, 5) is 42.0. The number of hydrogen-bond donors (Lipinski definition) is 2. The predicted octanol–water partition coefficient (Wildman–Crippen LogP) is 6.76. The van der Waals surface area contributed by atoms with Gasteiger partial charge in [0.05, 0.1) is 0 Å². The van der Waals surface area contributed by atoms with Crippen LogP contribution in [0.1, 0.15) is 101 Å². The summed E-state index contributed by atoms with van der Waals surface area (Å²) in [6, 6.07) is 13.9. The molecule has 0 aliphatic rings. The standard InChI is InChI=1S/C33H49N3O4/c1-8-9-10-11-12-16-21-36(31(38)26(4)35-32(39)40-33(5,6)7)29(28-20-19-24(2)22-25(28)3)30(37)34-23-27-17-14-13-15-18-27/h13-15,17-20,22,26,29H,8-12,16,21,23H2,1-7H3,(H,34,37)(H,35,39). The summed E-state index contributed by atoms with van der Waals surface area (Å²) < 4.78 is 5.39. The summed E-state index contributed by atoms with van der Waals surface area (Å²) in [6.45, 7) is 13.9. The zero-order valence-electron chi connectivity index (χ0n) is 25.5. The molecule has 0 spiro atoms. The van der Waals surface area contributed by atoms with Gasteiger partial charge in [-0.25, -0.2) is 4.79 Å². The number of hydrogen-bond acceptors (Lipinski definition) is 4. The molecule has 7 nitrogen and oxygen atoms in total. The molecular formula is C33H49N3O4. The third-order valence-corrected chi connectivity index (χ3v) is 6.73. The van der Waals surface area contributed by atoms with Crippen molar-refractivity contribution in [1.29, 1.82) is 0 Å². The number of benzene rings is 2. The molecule has 2 N–H and O–H groups in total. The van der Waals surface area contributed by atoms with Crippen molar-refractivity contribution in [3.8, 4) is 0 Å². The van der Waals surface area contributed by atoms with Crippen LogP contribution in [-0.4, -0.2) is 41.0 Å². The SMILES string of the molecule is CCCCCCCCN(C(=O)C(C)NC(=O)OC(C)(C)C)C(C(=O)NCc1ccccc1)c1ccc(C)cc1C. The molecule has 220 valence electrons. The summed E-state index contributed by atoms with van der Waals surface area (Å²) in [5.74, 6) is -0.570. The Morgan fingerprint density at radius 1 is 0.925 bits per heavy atom. The molecule has 0 aliphatic heterocycles. The van der Waals surface area contributed by atoms with Gasteiger partial charge in [-0.2, -0.15) is 0 Å². The number of nitrogens with zero attached hydrogens (tertiary/aromatic N) is 1. The van der Waals surface area contributed by atoms with Crippen LogP contribution in [0.5, 0.6) is 0 Å². The summed E-state index contributed by atoms with van der Waals surface area (Å²) in [5, 5.41) is 5.74. The lowest BCUT2D eigenvalue weighted by Crippen LogP contribution is -2.52. The largest absolute Gasteiger partial charge is 0.444 e. The van der Waals surface area contributed by atoms with Crippen LogP contribution in [0.2, 0.25) is 0 Å². The van der Waals surface area contributed by atoms with E-state index < -0.39 is 23.8 Å². The zero-order chi connectivity index (χ0) is 29.7. The molecule has 0 saturated carbocycles. The van der Waals surface area contributed by atoms with E-state index >= 15 is 0 Å². The number of rotatable bonds is 14. The minimum absolute atomic E-state index is 0.250. The van der Waals surface area contributed by atoms with Gasteiger partial charge in [0.2, 0.25) is 11.8 Å². The van der Waals surface area contributed by atoms with Gasteiger partial charge >= 0.3 is 6.09 Å². The highest BCUT2D eigenvalue weighted by molar-refractivity contribution is 5.92. The smallest absolute Gasteiger partial charge is 0.408 e. The molecule has 40 heavy (non-hydrogen) atoms. The fourth-order valence-electron chi connectivity index (χ4n) is 4.69. The number of nitrogens with one attached hydrogen (secondary N) is 2. The maximum atomic E-state index is 14.0. The van der Waals surface area contributed by atoms with E-state index in [9.17, 15) is 14.4 Å². The van der Waals surface area contributed by atoms with E-state index in [-0.39, 0.29) is 11.8 Å². The van der Waals surface area contributed by atoms with Crippen LogP contribution in [0.4, 0.5) is 4.79 Å². The lowest BCUT2D eigenvalue weighted by atomic mass is 9.96. The van der Waals surface area contributed by atoms with Crippen molar-refractivity contribution in [3.63, 3.8) is 0 Å². The molecule has 0 fully saturated rings. The summed E-state index contributed by atoms with van der Waals surface area (Å²) >= 11 is 0. The van der Waals surface area contributed by atoms with Crippen LogP contribution >= 0.6 is 0 Å². The number of ether oxygens (including phenoxy) is 1. The fourth-order valence-corrected chi connectivity index (χ4v) is 4.69. The van der Waals surface area contributed by atoms with E-state index in [2.05, 4.69) is 17.6 Å². The van der Waals surface area contributed by atoms with Gasteiger partial charge in [0, 0.05) is 13.1 Å². The second-order valence-electron chi connectivity index (χ2n) is 11.6. The average molecular weight is 552 g/mol. The van der Waals surface area contributed by atoms with Gasteiger partial charge in [-0.05, 0) is 64.7 Å². The van der Waals surface area contributed by atoms with Gasteiger partial charge in [-0.15, -0.1) is 0 Å². The normalized spacial score (nSPS) is 12.8. The van der Waals surface area contributed by atoms with Crippen molar-refractivity contribution in [2.24, 2.45) is 0 Å². The van der Waals surface area contributed by atoms with Crippen molar-refractivity contribution in [2.45, 2.75) is 111 Å². The van der Waals surface area contributed by atoms with Crippen molar-refractivity contribution in [3.05, 3.63) is 70.8 Å². The van der Waals surface area contributed by atoms with Gasteiger partial charge in [0.25, 0.3) is 0 Å². The van der Waals surface area contributed by atoms with Gasteiger partial charge in [0.15, 0.2) is 0 Å². The molecule has 0 aliphatic carbocycles. The second-order valence-corrected chi connectivity index (χ2v) is 11.6. The van der Waals surface area contributed by atoms with E-state index in [0.717, 1.165) is 54.4 Å². The first-order valence-electron chi connectivity index (χ1n) is 14.6. The van der Waals surface area contributed by atoms with E-state index in [1.165, 1.54) is 6.42 Å². The number of alkyl carbamates (subject to hydrolysis) is 1. The second kappa shape index (κ2) is 16.0. The number of carbonyl (C=O) groups excluding carboxylic acids is 3. The van der Waals surface area contributed by atoms with Crippen LogP contribution in [0.25, 0.3) is 0 Å². The molecule has 0 saturated heterocycles. The van der Waals surface area contributed by atoms with Crippen LogP contribution < -0.4 is 10.6 Å². The van der Waals surface area contributed by atoms with Gasteiger partial charge in [0.1, 0.15) is 17.7 Å². The first-order valence-corrected chi connectivity index (χ1v) is 14.6. The molecule has 0 bridgehead atoms. The number of unbranched alkanes of at least 4 members (excludes halogenated alkanes) is 5. The third-order valence-electron chi connectivity index (χ3n) is 6.73. The predicted molar refractivity (Wildman–Crippen MR) is 161 cm³/mol. The Hall–Kier alpha value is -3.35. The highest BCUT2D eigenvalue weighted by Crippen LogP contribution is 2.27. The minimum Gasteiger partial charge on any atom is -0.444 e. The van der Waals surface area contributed by atoms with Crippen LogP contribution in [0.3, 0.4) is 0 Å². The summed E-state index contributed by atoms with van der Waals surface area (Å²) in [7, 11) is 0. The molecule has 2 aromatic carbocycles. The Morgan fingerprint density at radius 3 is 2.20 bits per heavy atom. The molecule has 2 aromatic rings. The van der Waals surface area contributed by atoms with Crippen molar-refractivity contribution >= 4 is 17.9 Å². The highest BCUT2D eigenvalue weighted by Gasteiger charge is 2.35. The van der Waals surface area contributed by atoms with E-state index in [0.29, 0.717) is 13.1 Å². The number of amides is 3. The molecule has 2 atom stereocenters. The first-order chi connectivity index (χ1) is 18.9. The van der Waals surface area contributed by atoms with E-state index in [4.69, 9.17) is 4.74 Å². The molecule has 0 radical (unpaired) electrons. The molecular weight excluding hydrogens is 502 g/mol. The Morgan fingerprint density at radius 2 is 1.57 bits per heavy atom. The number of carbonyl (C=O) groups is 3. The zero-order valence-corrected chi connectivity index (χ0v) is 25.5. The Balaban J connectivity index is 2.38. The monoisotopic (exact) mass is 551 g/mol. The maximum Gasteiger partial charge on any atom is 0.408 e. The van der Waals surface area contributed by atoms with Crippen molar-refractivity contribution in [1.82, 2.24) is 15.5 Å². The lowest BCUT2D eigenvalue weighted by Gasteiger charge is -2.34. The third kappa shape index (κ3) is 11.0. The average Bonchev–Trinajstić information content (AvgIpc) is 2.88. The van der Waals surface area contributed by atoms with Gasteiger partial charge < -0.3 is 20.3 Å². The topological polar surface area (TPSA) is 87.7 Å². The minimum atomic E-state index is -0.870. The Bertz CT molecular complexity index is 1090. The Kier molecular flexibility index (Phi) is 13.2. The number of aryl methyl sites for hydroxylation is 2. The van der Waals surface area contributed by atoms with Crippen molar-refractivity contribution < 1.29 is 19.1 Å². The van der Waals surface area contributed by atoms with Crippen LogP contribution in [0, 0.1) is 13.8 Å². The molecule has 2 rings (SSSR count). The lowest BCUT2D eigenvalue weighted by molar-refractivity contribution is -0.142. The van der Waals surface area contributed by atoms with Crippen molar-refractivity contribution in [2.75, 3.05) is 6.54 Å². The highest BCUT2D eigenvalue weighted by atomic mass is 16.6. The first kappa shape index (κ1) is 32.9. The van der Waals surface area contributed by atoms with Crippen LogP contribution in [-0.2, 0) is 20.9 Å². The molecule has 3 amide bonds. The summed E-state index contributed by atoms with van der Waals surface area (Å²) in [5.41, 5.74) is 3.08. The molecule has 0 aromatic heterocycles. The fraction of sp³-hybridized carbons (Fsp3) is 0.545. The maximum absolute atomic E-state index is 14.0.